The van der Waals surface area contributed by atoms with Gasteiger partial charge >= 0.3 is 11.9 Å². The molecule has 2 heterocycles. The Labute approximate surface area is 68.0 Å². The molecule has 2 rings (SSSR count). The van der Waals surface area contributed by atoms with Crippen LogP contribution in [0, 0.1) is 6.92 Å². The van der Waals surface area contributed by atoms with Crippen molar-refractivity contribution in [1.29, 1.82) is 0 Å². The molecule has 1 aliphatic heterocycles. The SMILES string of the molecule is Cc1nc2c(n1C)C(=O)OC2=O. The van der Waals surface area contributed by atoms with Crippen molar-refractivity contribution in [3.63, 3.8) is 0 Å². The molecule has 12 heavy (non-hydrogen) atoms. The fraction of sp³-hybridized carbons (Fsp3) is 0.286. The molecule has 5 heteroatoms. The minimum atomic E-state index is -0.654. The average Bonchev–Trinajstić information content (AvgIpc) is 2.41. The van der Waals surface area contributed by atoms with E-state index in [0.717, 1.165) is 0 Å². The zero-order valence-electron chi connectivity index (χ0n) is 6.62. The molecule has 0 aliphatic carbocycles. The Morgan fingerprint density at radius 3 is 2.58 bits per heavy atom. The first-order chi connectivity index (χ1) is 5.61. The van der Waals surface area contributed by atoms with Gasteiger partial charge in [0.1, 0.15) is 5.82 Å². The van der Waals surface area contributed by atoms with Gasteiger partial charge in [-0.25, -0.2) is 14.6 Å². The van der Waals surface area contributed by atoms with E-state index >= 15 is 0 Å². The summed E-state index contributed by atoms with van der Waals surface area (Å²) in [7, 11) is 1.67. The lowest BCUT2D eigenvalue weighted by Gasteiger charge is -1.95. The molecule has 0 saturated heterocycles. The van der Waals surface area contributed by atoms with Gasteiger partial charge < -0.3 is 9.30 Å². The Hall–Kier alpha value is -1.65. The second kappa shape index (κ2) is 1.94. The Morgan fingerprint density at radius 2 is 2.00 bits per heavy atom. The zero-order chi connectivity index (χ0) is 8.88. The summed E-state index contributed by atoms with van der Waals surface area (Å²) in [5.41, 5.74) is 0.373. The highest BCUT2D eigenvalue weighted by atomic mass is 16.6. The molecule has 0 radical (unpaired) electrons. The van der Waals surface area contributed by atoms with E-state index < -0.39 is 11.9 Å². The van der Waals surface area contributed by atoms with Crippen LogP contribution in [0.5, 0.6) is 0 Å². The number of carbonyl (C=O) groups is 2. The number of rotatable bonds is 0. The quantitative estimate of drug-likeness (QED) is 0.403. The number of nitrogens with zero attached hydrogens (tertiary/aromatic N) is 2. The molecule has 0 amide bonds. The van der Waals surface area contributed by atoms with Crippen LogP contribution < -0.4 is 0 Å². The van der Waals surface area contributed by atoms with Crippen LogP contribution in [0.1, 0.15) is 26.8 Å². The number of hydrogen-bond acceptors (Lipinski definition) is 4. The predicted octanol–water partition coefficient (Wildman–Crippen LogP) is 0.0391. The highest BCUT2D eigenvalue weighted by Crippen LogP contribution is 2.19. The van der Waals surface area contributed by atoms with Crippen molar-refractivity contribution in [2.45, 2.75) is 6.92 Å². The Bertz CT molecular complexity index is 392. The Kier molecular flexibility index (Phi) is 1.13. The van der Waals surface area contributed by atoms with Gasteiger partial charge in [-0.2, -0.15) is 0 Å². The number of esters is 2. The lowest BCUT2D eigenvalue weighted by molar-refractivity contribution is 0.0435. The van der Waals surface area contributed by atoms with E-state index in [2.05, 4.69) is 9.72 Å². The number of cyclic esters (lactones) is 2. The number of ether oxygens (including phenoxy) is 1. The summed E-state index contributed by atoms with van der Waals surface area (Å²) in [5, 5.41) is 0. The van der Waals surface area contributed by atoms with Gasteiger partial charge in [-0.15, -0.1) is 0 Å². The molecule has 0 bridgehead atoms. The highest BCUT2D eigenvalue weighted by Gasteiger charge is 2.35. The Balaban J connectivity index is 2.75. The lowest BCUT2D eigenvalue weighted by Crippen LogP contribution is -2.05. The van der Waals surface area contributed by atoms with Crippen molar-refractivity contribution in [2.24, 2.45) is 7.05 Å². The minimum absolute atomic E-state index is 0.125. The second-order valence-electron chi connectivity index (χ2n) is 2.59. The fourth-order valence-corrected chi connectivity index (χ4v) is 1.17. The molecular weight excluding hydrogens is 160 g/mol. The zero-order valence-corrected chi connectivity index (χ0v) is 6.62. The topological polar surface area (TPSA) is 61.2 Å². The standard InChI is InChI=1S/C7H6N2O3/c1-3-8-4-5(9(3)2)7(11)12-6(4)10/h1-2H3. The van der Waals surface area contributed by atoms with Crippen LogP contribution >= 0.6 is 0 Å². The maximum atomic E-state index is 11.0. The van der Waals surface area contributed by atoms with Gasteiger partial charge in [-0.05, 0) is 6.92 Å². The van der Waals surface area contributed by atoms with Crippen molar-refractivity contribution < 1.29 is 14.3 Å². The average molecular weight is 166 g/mol. The van der Waals surface area contributed by atoms with Gasteiger partial charge in [-0.1, -0.05) is 0 Å². The predicted molar refractivity (Wildman–Crippen MR) is 37.7 cm³/mol. The molecule has 1 aromatic heterocycles. The van der Waals surface area contributed by atoms with Crippen LogP contribution in [0.15, 0.2) is 0 Å². The summed E-state index contributed by atoms with van der Waals surface area (Å²) in [4.78, 5) is 25.8. The van der Waals surface area contributed by atoms with Gasteiger partial charge in [0.15, 0.2) is 11.4 Å². The van der Waals surface area contributed by atoms with Gasteiger partial charge in [0.05, 0.1) is 0 Å². The van der Waals surface area contributed by atoms with Gasteiger partial charge in [-0.3, -0.25) is 0 Å². The smallest absolute Gasteiger partial charge is 0.367 e. The highest BCUT2D eigenvalue weighted by molar-refractivity contribution is 6.12. The molecule has 0 spiro atoms. The minimum Gasteiger partial charge on any atom is -0.383 e. The summed E-state index contributed by atoms with van der Waals surface area (Å²) in [5.74, 6) is -0.637. The number of fused-ring (bicyclic) bond motifs is 1. The molecule has 1 aromatic rings. The molecule has 0 fully saturated rings. The third-order valence-corrected chi connectivity index (χ3v) is 1.89. The first kappa shape index (κ1) is 7.02. The molecule has 5 nitrogen and oxygen atoms in total. The maximum Gasteiger partial charge on any atom is 0.367 e. The molecule has 0 aromatic carbocycles. The van der Waals surface area contributed by atoms with Gasteiger partial charge in [0.25, 0.3) is 0 Å². The fourth-order valence-electron chi connectivity index (χ4n) is 1.17. The molecular formula is C7H6N2O3. The molecule has 0 N–H and O–H groups in total. The van der Waals surface area contributed by atoms with Crippen LogP contribution in [0.25, 0.3) is 0 Å². The number of carbonyl (C=O) groups excluding carboxylic acids is 2. The molecule has 0 unspecified atom stereocenters. The monoisotopic (exact) mass is 166 g/mol. The van der Waals surface area contributed by atoms with Crippen LogP contribution in [0.4, 0.5) is 0 Å². The van der Waals surface area contributed by atoms with Crippen LogP contribution in [-0.4, -0.2) is 21.5 Å². The van der Waals surface area contributed by atoms with Crippen molar-refractivity contribution in [1.82, 2.24) is 9.55 Å². The van der Waals surface area contributed by atoms with E-state index in [4.69, 9.17) is 0 Å². The van der Waals surface area contributed by atoms with E-state index in [0.29, 0.717) is 5.82 Å². The van der Waals surface area contributed by atoms with Crippen molar-refractivity contribution >= 4 is 11.9 Å². The molecule has 62 valence electrons. The van der Waals surface area contributed by atoms with Crippen molar-refractivity contribution in [3.8, 4) is 0 Å². The largest absolute Gasteiger partial charge is 0.383 e. The van der Waals surface area contributed by atoms with E-state index in [1.165, 1.54) is 0 Å². The first-order valence-corrected chi connectivity index (χ1v) is 3.41. The summed E-state index contributed by atoms with van der Waals surface area (Å²) in [6.45, 7) is 1.72. The van der Waals surface area contributed by atoms with Crippen LogP contribution in [0.2, 0.25) is 0 Å². The van der Waals surface area contributed by atoms with E-state index in [-0.39, 0.29) is 11.4 Å². The molecule has 0 saturated carbocycles. The summed E-state index contributed by atoms with van der Waals surface area (Å²) < 4.78 is 5.89. The van der Waals surface area contributed by atoms with Crippen molar-refractivity contribution in [2.75, 3.05) is 0 Å². The van der Waals surface area contributed by atoms with Gasteiger partial charge in [0.2, 0.25) is 0 Å². The number of aryl methyl sites for hydroxylation is 1. The maximum absolute atomic E-state index is 11.0. The number of aromatic nitrogens is 2. The summed E-state index contributed by atoms with van der Waals surface area (Å²) in [6, 6.07) is 0. The second-order valence-corrected chi connectivity index (χ2v) is 2.59. The van der Waals surface area contributed by atoms with Crippen molar-refractivity contribution in [3.05, 3.63) is 17.2 Å². The molecule has 1 aliphatic rings. The lowest BCUT2D eigenvalue weighted by atomic mass is 10.4. The first-order valence-electron chi connectivity index (χ1n) is 3.41. The summed E-state index contributed by atoms with van der Waals surface area (Å²) in [6.07, 6.45) is 0. The van der Waals surface area contributed by atoms with Gasteiger partial charge in [0, 0.05) is 7.05 Å². The third kappa shape index (κ3) is 0.650. The van der Waals surface area contributed by atoms with Crippen LogP contribution in [0.3, 0.4) is 0 Å². The third-order valence-electron chi connectivity index (χ3n) is 1.89. The van der Waals surface area contributed by atoms with E-state index in [1.54, 1.807) is 18.5 Å². The number of imidazole rings is 1. The van der Waals surface area contributed by atoms with E-state index in [1.807, 2.05) is 0 Å². The normalized spacial score (nSPS) is 14.8. The van der Waals surface area contributed by atoms with E-state index in [9.17, 15) is 9.59 Å². The Morgan fingerprint density at radius 1 is 1.33 bits per heavy atom. The van der Waals surface area contributed by atoms with Crippen LogP contribution in [-0.2, 0) is 11.8 Å². The number of hydrogen-bond donors (Lipinski definition) is 0. The molecule has 0 atom stereocenters. The summed E-state index contributed by atoms with van der Waals surface area (Å²) >= 11 is 0.